The molecule has 0 atom stereocenters. The van der Waals surface area contributed by atoms with E-state index in [2.05, 4.69) is 0 Å². The molecule has 0 aliphatic rings. The maximum Gasteiger partial charge on any atom is 0.149 e. The van der Waals surface area contributed by atoms with E-state index in [-0.39, 0.29) is 0 Å². The molecule has 0 spiro atoms. The minimum absolute atomic E-state index is 0.528. The van der Waals surface area contributed by atoms with Gasteiger partial charge in [0.2, 0.25) is 0 Å². The van der Waals surface area contributed by atoms with E-state index in [4.69, 9.17) is 32.7 Å². The van der Waals surface area contributed by atoms with E-state index < -0.39 is 0 Å². The standard InChI is InChI=1S/C13H10Cl2O2/c1-16-11-6-7-12(15)13(8-11)17-10-4-2-9(14)3-5-10/h2-8H,1H3. The van der Waals surface area contributed by atoms with Crippen molar-refractivity contribution in [3.05, 3.63) is 52.5 Å². The van der Waals surface area contributed by atoms with Crippen molar-refractivity contribution in [1.82, 2.24) is 0 Å². The molecule has 0 heterocycles. The highest BCUT2D eigenvalue weighted by Gasteiger charge is 2.05. The first kappa shape index (κ1) is 12.1. The molecule has 0 fully saturated rings. The van der Waals surface area contributed by atoms with Gasteiger partial charge in [-0.1, -0.05) is 23.2 Å². The number of methoxy groups -OCH3 is 1. The number of halogens is 2. The Morgan fingerprint density at radius 3 is 2.18 bits per heavy atom. The van der Waals surface area contributed by atoms with E-state index >= 15 is 0 Å². The van der Waals surface area contributed by atoms with Gasteiger partial charge in [0, 0.05) is 11.1 Å². The number of benzene rings is 2. The van der Waals surface area contributed by atoms with Crippen LogP contribution in [-0.2, 0) is 0 Å². The Labute approximate surface area is 110 Å². The van der Waals surface area contributed by atoms with Crippen LogP contribution in [0.15, 0.2) is 42.5 Å². The summed E-state index contributed by atoms with van der Waals surface area (Å²) in [6.45, 7) is 0. The Bertz CT molecular complexity index is 509. The molecular formula is C13H10Cl2O2. The molecule has 0 unspecified atom stereocenters. The molecule has 0 saturated heterocycles. The van der Waals surface area contributed by atoms with Crippen LogP contribution in [0.2, 0.25) is 10.0 Å². The molecule has 0 aliphatic heterocycles. The highest BCUT2D eigenvalue weighted by atomic mass is 35.5. The molecule has 88 valence electrons. The molecule has 0 amide bonds. The summed E-state index contributed by atoms with van der Waals surface area (Å²) in [5, 5.41) is 1.19. The van der Waals surface area contributed by atoms with Crippen molar-refractivity contribution in [3.63, 3.8) is 0 Å². The Balaban J connectivity index is 2.25. The quantitative estimate of drug-likeness (QED) is 0.797. The summed E-state index contributed by atoms with van der Waals surface area (Å²) >= 11 is 11.8. The number of hydrogen-bond donors (Lipinski definition) is 0. The third kappa shape index (κ3) is 3.05. The normalized spacial score (nSPS) is 10.1. The summed E-state index contributed by atoms with van der Waals surface area (Å²) in [5.41, 5.74) is 0. The lowest BCUT2D eigenvalue weighted by Crippen LogP contribution is -1.87. The highest BCUT2D eigenvalue weighted by Crippen LogP contribution is 2.32. The number of hydrogen-bond acceptors (Lipinski definition) is 2. The lowest BCUT2D eigenvalue weighted by Gasteiger charge is -2.09. The molecule has 0 radical (unpaired) electrons. The van der Waals surface area contributed by atoms with Crippen molar-refractivity contribution >= 4 is 23.2 Å². The molecule has 17 heavy (non-hydrogen) atoms. The highest BCUT2D eigenvalue weighted by molar-refractivity contribution is 6.32. The van der Waals surface area contributed by atoms with Crippen molar-refractivity contribution in [3.8, 4) is 17.2 Å². The first-order valence-corrected chi connectivity index (χ1v) is 5.71. The van der Waals surface area contributed by atoms with E-state index in [9.17, 15) is 0 Å². The van der Waals surface area contributed by atoms with Gasteiger partial charge in [0.15, 0.2) is 0 Å². The van der Waals surface area contributed by atoms with Crippen LogP contribution in [0.4, 0.5) is 0 Å². The second-order valence-electron chi connectivity index (χ2n) is 3.35. The van der Waals surface area contributed by atoms with Crippen LogP contribution in [0.1, 0.15) is 0 Å². The molecule has 4 heteroatoms. The second-order valence-corrected chi connectivity index (χ2v) is 4.20. The molecular weight excluding hydrogens is 259 g/mol. The summed E-state index contributed by atoms with van der Waals surface area (Å²) in [4.78, 5) is 0. The molecule has 2 rings (SSSR count). The summed E-state index contributed by atoms with van der Waals surface area (Å²) in [6.07, 6.45) is 0. The smallest absolute Gasteiger partial charge is 0.149 e. The van der Waals surface area contributed by atoms with Crippen LogP contribution in [0, 0.1) is 0 Å². The molecule has 0 aromatic heterocycles. The third-order valence-corrected chi connectivity index (χ3v) is 2.74. The van der Waals surface area contributed by atoms with E-state index in [1.807, 2.05) is 0 Å². The number of ether oxygens (including phenoxy) is 2. The molecule has 0 bridgehead atoms. The van der Waals surface area contributed by atoms with Gasteiger partial charge in [-0.3, -0.25) is 0 Å². The number of rotatable bonds is 3. The molecule has 0 saturated carbocycles. The molecule has 0 N–H and O–H groups in total. The SMILES string of the molecule is COc1ccc(Cl)c(Oc2ccc(Cl)cc2)c1. The maximum atomic E-state index is 6.03. The van der Waals surface area contributed by atoms with Crippen LogP contribution in [0.25, 0.3) is 0 Å². The Morgan fingerprint density at radius 1 is 0.882 bits per heavy atom. The largest absolute Gasteiger partial charge is 0.497 e. The van der Waals surface area contributed by atoms with Crippen LogP contribution in [0.5, 0.6) is 17.2 Å². The van der Waals surface area contributed by atoms with Crippen LogP contribution < -0.4 is 9.47 Å². The predicted octanol–water partition coefficient (Wildman–Crippen LogP) is 4.79. The lowest BCUT2D eigenvalue weighted by atomic mass is 10.3. The molecule has 2 nitrogen and oxygen atoms in total. The average Bonchev–Trinajstić information content (AvgIpc) is 2.35. The summed E-state index contributed by atoms with van der Waals surface area (Å²) in [5.74, 6) is 1.91. The van der Waals surface area contributed by atoms with Gasteiger partial charge in [-0.05, 0) is 36.4 Å². The van der Waals surface area contributed by atoms with Crippen LogP contribution in [-0.4, -0.2) is 7.11 Å². The van der Waals surface area contributed by atoms with Gasteiger partial charge in [-0.25, -0.2) is 0 Å². The van der Waals surface area contributed by atoms with Crippen molar-refractivity contribution in [2.24, 2.45) is 0 Å². The van der Waals surface area contributed by atoms with E-state index in [1.165, 1.54) is 0 Å². The van der Waals surface area contributed by atoms with Gasteiger partial charge in [-0.15, -0.1) is 0 Å². The van der Waals surface area contributed by atoms with Gasteiger partial charge >= 0.3 is 0 Å². The Hall–Kier alpha value is -1.38. The Kier molecular flexibility index (Phi) is 3.77. The topological polar surface area (TPSA) is 18.5 Å². The minimum atomic E-state index is 0.528. The van der Waals surface area contributed by atoms with E-state index in [0.29, 0.717) is 27.3 Å². The molecule has 2 aromatic rings. The molecule has 2 aromatic carbocycles. The first-order chi connectivity index (χ1) is 8.19. The monoisotopic (exact) mass is 268 g/mol. The fourth-order valence-corrected chi connectivity index (χ4v) is 1.60. The second kappa shape index (κ2) is 5.30. The zero-order chi connectivity index (χ0) is 12.3. The summed E-state index contributed by atoms with van der Waals surface area (Å²) in [6, 6.07) is 12.3. The van der Waals surface area contributed by atoms with Gasteiger partial charge in [0.05, 0.1) is 12.1 Å². The van der Waals surface area contributed by atoms with Gasteiger partial charge < -0.3 is 9.47 Å². The van der Waals surface area contributed by atoms with Gasteiger partial charge in [0.25, 0.3) is 0 Å². The zero-order valence-corrected chi connectivity index (χ0v) is 10.6. The van der Waals surface area contributed by atoms with E-state index in [1.54, 1.807) is 49.6 Å². The summed E-state index contributed by atoms with van der Waals surface area (Å²) in [7, 11) is 1.59. The first-order valence-electron chi connectivity index (χ1n) is 4.96. The Morgan fingerprint density at radius 2 is 1.53 bits per heavy atom. The van der Waals surface area contributed by atoms with Crippen molar-refractivity contribution in [1.29, 1.82) is 0 Å². The van der Waals surface area contributed by atoms with Crippen LogP contribution >= 0.6 is 23.2 Å². The maximum absolute atomic E-state index is 6.03. The van der Waals surface area contributed by atoms with Crippen LogP contribution in [0.3, 0.4) is 0 Å². The van der Waals surface area contributed by atoms with Gasteiger partial charge in [-0.2, -0.15) is 0 Å². The molecule has 0 aliphatic carbocycles. The van der Waals surface area contributed by atoms with E-state index in [0.717, 1.165) is 0 Å². The minimum Gasteiger partial charge on any atom is -0.497 e. The summed E-state index contributed by atoms with van der Waals surface area (Å²) < 4.78 is 10.7. The predicted molar refractivity (Wildman–Crippen MR) is 69.5 cm³/mol. The fourth-order valence-electron chi connectivity index (χ4n) is 1.32. The van der Waals surface area contributed by atoms with Crippen molar-refractivity contribution < 1.29 is 9.47 Å². The zero-order valence-electron chi connectivity index (χ0n) is 9.11. The lowest BCUT2D eigenvalue weighted by molar-refractivity contribution is 0.409. The van der Waals surface area contributed by atoms with Gasteiger partial charge in [0.1, 0.15) is 17.2 Å². The van der Waals surface area contributed by atoms with Crippen molar-refractivity contribution in [2.45, 2.75) is 0 Å². The average molecular weight is 269 g/mol. The van der Waals surface area contributed by atoms with Crippen molar-refractivity contribution in [2.75, 3.05) is 7.11 Å². The third-order valence-electron chi connectivity index (χ3n) is 2.18. The fraction of sp³-hybridized carbons (Fsp3) is 0.0769.